The predicted octanol–water partition coefficient (Wildman–Crippen LogP) is 2.63. The molecule has 0 saturated heterocycles. The Morgan fingerprint density at radius 2 is 2.33 bits per heavy atom. The van der Waals surface area contributed by atoms with Crippen molar-refractivity contribution in [3.8, 4) is 0 Å². The molecule has 1 unspecified atom stereocenters. The van der Waals surface area contributed by atoms with Gasteiger partial charge in [-0.25, -0.2) is 0 Å². The molecule has 0 saturated carbocycles. The van der Waals surface area contributed by atoms with E-state index in [1.54, 1.807) is 0 Å². The molecule has 1 rings (SSSR count). The van der Waals surface area contributed by atoms with Crippen LogP contribution in [0.25, 0.3) is 0 Å². The van der Waals surface area contributed by atoms with E-state index < -0.39 is 0 Å². The Morgan fingerprint density at radius 3 is 2.56 bits per heavy atom. The van der Waals surface area contributed by atoms with Crippen molar-refractivity contribution in [1.29, 1.82) is 0 Å². The molecular weight excluding hydrogens is 268 g/mol. The van der Waals surface area contributed by atoms with Crippen molar-refractivity contribution in [2.75, 3.05) is 0 Å². The Kier molecular flexibility index (Phi) is 2.55. The van der Waals surface area contributed by atoms with Crippen LogP contribution in [0.1, 0.15) is 0 Å². The number of hydrogen-bond donors (Lipinski definition) is 1. The second-order valence-electron chi connectivity index (χ2n) is 1.53. The minimum absolute atomic E-state index is 0.374. The van der Waals surface area contributed by atoms with E-state index in [-0.39, 0.29) is 9.33 Å². The maximum Gasteiger partial charge on any atom is 0.150 e. The zero-order chi connectivity index (χ0) is 6.85. The van der Waals surface area contributed by atoms with E-state index in [9.17, 15) is 4.79 Å². The molecule has 1 heterocycles. The minimum atomic E-state index is -0.374. The number of carbonyl (C=O) groups is 1. The van der Waals surface area contributed by atoms with Gasteiger partial charge in [-0.15, -0.1) is 9.33 Å². The van der Waals surface area contributed by atoms with Crippen molar-refractivity contribution < 1.29 is 4.79 Å². The summed E-state index contributed by atoms with van der Waals surface area (Å²) in [5.41, 5.74) is 0.755. The topological polar surface area (TPSA) is 17.1 Å². The lowest BCUT2D eigenvalue weighted by molar-refractivity contribution is -0.104. The molecule has 1 aliphatic heterocycles. The molecule has 9 heavy (non-hydrogen) atoms. The molecule has 0 fully saturated rings. The molecule has 0 aromatic carbocycles. The summed E-state index contributed by atoms with van der Waals surface area (Å²) >= 11 is 6.72. The van der Waals surface area contributed by atoms with Gasteiger partial charge in [0.05, 0.1) is 0 Å². The van der Waals surface area contributed by atoms with E-state index in [0.717, 1.165) is 15.7 Å². The highest BCUT2D eigenvalue weighted by molar-refractivity contribution is 9.56. The zero-order valence-electron chi connectivity index (χ0n) is 4.34. The molecule has 0 amide bonds. The first-order valence-corrected chi connectivity index (χ1v) is 6.45. The number of halogens is 2. The average molecular weight is 272 g/mol. The van der Waals surface area contributed by atoms with Gasteiger partial charge in [0.1, 0.15) is 0 Å². The van der Waals surface area contributed by atoms with Gasteiger partial charge in [0.25, 0.3) is 0 Å². The Hall–Kier alpha value is 0.460. The van der Waals surface area contributed by atoms with Crippen molar-refractivity contribution in [3.05, 3.63) is 20.9 Å². The van der Waals surface area contributed by atoms with Crippen LogP contribution in [0.15, 0.2) is 20.9 Å². The molecule has 1 atom stereocenters. The molecule has 1 aliphatic rings. The van der Waals surface area contributed by atoms with Gasteiger partial charge >= 0.3 is 0 Å². The van der Waals surface area contributed by atoms with E-state index in [0.29, 0.717) is 0 Å². The molecular formula is C5H4Br2OS. The maximum absolute atomic E-state index is 10.2. The number of aldehydes is 1. The highest BCUT2D eigenvalue weighted by atomic mass is 79.9. The summed E-state index contributed by atoms with van der Waals surface area (Å²) in [5, 5.41) is 1.91. The van der Waals surface area contributed by atoms with Crippen molar-refractivity contribution in [2.45, 2.75) is 0 Å². The van der Waals surface area contributed by atoms with Crippen molar-refractivity contribution >= 4 is 46.4 Å². The molecule has 0 spiro atoms. The Morgan fingerprint density at radius 1 is 1.67 bits per heavy atom. The highest BCUT2D eigenvalue weighted by Crippen LogP contribution is 2.52. The van der Waals surface area contributed by atoms with Gasteiger partial charge in [-0.3, -0.25) is 4.79 Å². The van der Waals surface area contributed by atoms with Crippen LogP contribution in [0.5, 0.6) is 0 Å². The van der Waals surface area contributed by atoms with Gasteiger partial charge in [-0.05, 0) is 42.2 Å². The van der Waals surface area contributed by atoms with Crippen LogP contribution >= 0.6 is 40.1 Å². The quantitative estimate of drug-likeness (QED) is 0.573. The molecule has 0 aromatic heterocycles. The lowest BCUT2D eigenvalue weighted by Gasteiger charge is -1.98. The van der Waals surface area contributed by atoms with E-state index in [1.807, 2.05) is 11.5 Å². The van der Waals surface area contributed by atoms with E-state index >= 15 is 0 Å². The van der Waals surface area contributed by atoms with Gasteiger partial charge in [-0.2, -0.15) is 0 Å². The molecule has 0 N–H and O–H groups in total. The van der Waals surface area contributed by atoms with Gasteiger partial charge in [0.15, 0.2) is 6.29 Å². The number of rotatable bonds is 1. The smallest absolute Gasteiger partial charge is 0.150 e. The molecule has 50 valence electrons. The zero-order valence-corrected chi connectivity index (χ0v) is 8.41. The van der Waals surface area contributed by atoms with Crippen LogP contribution in [0.2, 0.25) is 0 Å². The van der Waals surface area contributed by atoms with Gasteiger partial charge in [0, 0.05) is 9.39 Å². The predicted molar refractivity (Wildman–Crippen MR) is 49.1 cm³/mol. The summed E-state index contributed by atoms with van der Waals surface area (Å²) in [6, 6.07) is 0. The number of thiol groups is 1. The Bertz CT molecular complexity index is 197. The fourth-order valence-electron chi connectivity index (χ4n) is 0.493. The first-order valence-electron chi connectivity index (χ1n) is 2.23. The summed E-state index contributed by atoms with van der Waals surface area (Å²) in [7, 11) is -0.374. The molecule has 1 nitrogen and oxygen atoms in total. The maximum atomic E-state index is 10.2. The number of carbonyl (C=O) groups excluding carboxylic acids is 1. The standard InChI is InChI=1S/C5H4Br2OS/c6-5-1-4(2-8)3-9(5)7/h1-3,9H. The number of hydrogen-bond acceptors (Lipinski definition) is 1. The highest BCUT2D eigenvalue weighted by Gasteiger charge is 2.08. The van der Waals surface area contributed by atoms with Crippen LogP contribution in [0, 0.1) is 0 Å². The fraction of sp³-hybridized carbons (Fsp3) is 0. The average Bonchev–Trinajstić information content (AvgIpc) is 2.13. The summed E-state index contributed by atoms with van der Waals surface area (Å²) in [6.07, 6.45) is 2.68. The van der Waals surface area contributed by atoms with Crippen molar-refractivity contribution in [3.63, 3.8) is 0 Å². The number of allylic oxidation sites excluding steroid dienone is 2. The van der Waals surface area contributed by atoms with Gasteiger partial charge < -0.3 is 0 Å². The monoisotopic (exact) mass is 270 g/mol. The third-order valence-electron chi connectivity index (χ3n) is 0.888. The van der Waals surface area contributed by atoms with E-state index in [1.165, 1.54) is 0 Å². The summed E-state index contributed by atoms with van der Waals surface area (Å²) < 4.78 is 1.07. The summed E-state index contributed by atoms with van der Waals surface area (Å²) in [4.78, 5) is 10.2. The lowest BCUT2D eigenvalue weighted by atomic mass is 10.3. The Labute approximate surface area is 71.9 Å². The van der Waals surface area contributed by atoms with Crippen molar-refractivity contribution in [2.24, 2.45) is 0 Å². The van der Waals surface area contributed by atoms with Crippen LogP contribution in [0.3, 0.4) is 0 Å². The molecule has 0 aromatic rings. The van der Waals surface area contributed by atoms with Crippen LogP contribution < -0.4 is 0 Å². The SMILES string of the molecule is O=CC1=C[SH](Br)C(Br)=C1. The second kappa shape index (κ2) is 3.03. The van der Waals surface area contributed by atoms with Gasteiger partial charge in [0.2, 0.25) is 0 Å². The van der Waals surface area contributed by atoms with Crippen LogP contribution in [-0.2, 0) is 4.79 Å². The third kappa shape index (κ3) is 1.69. The molecule has 0 aliphatic carbocycles. The third-order valence-corrected chi connectivity index (χ3v) is 6.51. The first-order chi connectivity index (χ1) is 4.24. The fourth-order valence-corrected chi connectivity index (χ4v) is 2.87. The molecule has 0 bridgehead atoms. The summed E-state index contributed by atoms with van der Waals surface area (Å²) in [6.45, 7) is 0. The molecule has 0 radical (unpaired) electrons. The first kappa shape index (κ1) is 7.57. The van der Waals surface area contributed by atoms with Crippen LogP contribution in [0.4, 0.5) is 0 Å². The molecule has 4 heteroatoms. The second-order valence-corrected chi connectivity index (χ2v) is 6.65. The summed E-state index contributed by atoms with van der Waals surface area (Å²) in [5.74, 6) is 0. The largest absolute Gasteiger partial charge is 0.298 e. The Balaban J connectivity index is 2.82. The lowest BCUT2D eigenvalue weighted by Crippen LogP contribution is -1.70. The normalized spacial score (nSPS) is 29.3. The van der Waals surface area contributed by atoms with Crippen molar-refractivity contribution in [1.82, 2.24) is 0 Å². The minimum Gasteiger partial charge on any atom is -0.298 e. The van der Waals surface area contributed by atoms with E-state index in [2.05, 4.69) is 30.7 Å². The van der Waals surface area contributed by atoms with Crippen LogP contribution in [-0.4, -0.2) is 6.29 Å². The van der Waals surface area contributed by atoms with E-state index in [4.69, 9.17) is 0 Å². The van der Waals surface area contributed by atoms with Gasteiger partial charge in [-0.1, -0.05) is 0 Å².